The van der Waals surface area contributed by atoms with Crippen LogP contribution in [0, 0.1) is 11.8 Å². The first-order chi connectivity index (χ1) is 7.34. The quantitative estimate of drug-likeness (QED) is 0.691. The van der Waals surface area contributed by atoms with Crippen LogP contribution in [-0.2, 0) is 0 Å². The van der Waals surface area contributed by atoms with Crippen molar-refractivity contribution < 1.29 is 0 Å². The van der Waals surface area contributed by atoms with Crippen LogP contribution in [0.2, 0.25) is 0 Å². The predicted octanol–water partition coefficient (Wildman–Crippen LogP) is 3.12. The summed E-state index contributed by atoms with van der Waals surface area (Å²) in [6.45, 7) is 15.9. The standard InChI is InChI=1S/C14H32N2/c1-11(2)7-9-16(10-8-12(3)4)14(6)13(5)15/h11-14H,7-10,15H2,1-6H3. The molecule has 2 atom stereocenters. The highest BCUT2D eigenvalue weighted by Crippen LogP contribution is 2.11. The van der Waals surface area contributed by atoms with E-state index in [-0.39, 0.29) is 6.04 Å². The van der Waals surface area contributed by atoms with E-state index >= 15 is 0 Å². The van der Waals surface area contributed by atoms with Crippen molar-refractivity contribution in [1.82, 2.24) is 4.90 Å². The number of rotatable bonds is 8. The van der Waals surface area contributed by atoms with Gasteiger partial charge in [-0.1, -0.05) is 27.7 Å². The van der Waals surface area contributed by atoms with Gasteiger partial charge in [0.2, 0.25) is 0 Å². The largest absolute Gasteiger partial charge is 0.327 e. The topological polar surface area (TPSA) is 29.3 Å². The molecule has 0 bridgehead atoms. The Morgan fingerprint density at radius 3 is 1.44 bits per heavy atom. The second-order valence-corrected chi connectivity index (χ2v) is 6.00. The molecule has 98 valence electrons. The van der Waals surface area contributed by atoms with Gasteiger partial charge in [-0.25, -0.2) is 0 Å². The molecule has 0 saturated carbocycles. The smallest absolute Gasteiger partial charge is 0.0216 e. The molecule has 0 rings (SSSR count). The maximum absolute atomic E-state index is 6.01. The van der Waals surface area contributed by atoms with E-state index in [0.717, 1.165) is 11.8 Å². The Kier molecular flexibility index (Phi) is 8.04. The lowest BCUT2D eigenvalue weighted by Crippen LogP contribution is -2.45. The van der Waals surface area contributed by atoms with Gasteiger partial charge in [-0.3, -0.25) is 4.90 Å². The summed E-state index contributed by atoms with van der Waals surface area (Å²) < 4.78 is 0. The van der Waals surface area contributed by atoms with Crippen molar-refractivity contribution in [2.45, 2.75) is 66.5 Å². The number of nitrogens with two attached hydrogens (primary N) is 1. The molecule has 0 aromatic rings. The summed E-state index contributed by atoms with van der Waals surface area (Å²) in [6, 6.07) is 0.761. The van der Waals surface area contributed by atoms with Gasteiger partial charge in [-0.2, -0.15) is 0 Å². The van der Waals surface area contributed by atoms with Crippen LogP contribution in [0.1, 0.15) is 54.4 Å². The normalized spacial score (nSPS) is 16.1. The third kappa shape index (κ3) is 7.24. The van der Waals surface area contributed by atoms with Gasteiger partial charge in [0.25, 0.3) is 0 Å². The van der Waals surface area contributed by atoms with Crippen molar-refractivity contribution in [3.8, 4) is 0 Å². The molecule has 0 amide bonds. The van der Waals surface area contributed by atoms with E-state index < -0.39 is 0 Å². The van der Waals surface area contributed by atoms with Crippen LogP contribution in [0.15, 0.2) is 0 Å². The Hall–Kier alpha value is -0.0800. The van der Waals surface area contributed by atoms with Crippen LogP contribution in [0.25, 0.3) is 0 Å². The molecule has 2 unspecified atom stereocenters. The van der Waals surface area contributed by atoms with Crippen LogP contribution in [0.4, 0.5) is 0 Å². The first kappa shape index (κ1) is 15.9. The Morgan fingerprint density at radius 1 is 0.812 bits per heavy atom. The molecule has 0 heterocycles. The van der Waals surface area contributed by atoms with Gasteiger partial charge in [0.1, 0.15) is 0 Å². The maximum Gasteiger partial charge on any atom is 0.0216 e. The lowest BCUT2D eigenvalue weighted by atomic mass is 10.0. The second kappa shape index (κ2) is 8.08. The zero-order chi connectivity index (χ0) is 12.7. The fraction of sp³-hybridized carbons (Fsp3) is 1.00. The molecule has 0 aliphatic heterocycles. The molecule has 0 radical (unpaired) electrons. The maximum atomic E-state index is 6.01. The van der Waals surface area contributed by atoms with Crippen molar-refractivity contribution in [1.29, 1.82) is 0 Å². The summed E-state index contributed by atoms with van der Waals surface area (Å²) in [6.07, 6.45) is 2.55. The van der Waals surface area contributed by atoms with Gasteiger partial charge >= 0.3 is 0 Å². The van der Waals surface area contributed by atoms with Crippen molar-refractivity contribution in [3.63, 3.8) is 0 Å². The average molecular weight is 228 g/mol. The highest BCUT2D eigenvalue weighted by molar-refractivity contribution is 4.75. The van der Waals surface area contributed by atoms with Gasteiger partial charge in [-0.05, 0) is 51.6 Å². The summed E-state index contributed by atoms with van der Waals surface area (Å²) in [5, 5.41) is 0. The zero-order valence-electron chi connectivity index (χ0n) is 12.2. The van der Waals surface area contributed by atoms with E-state index in [0.29, 0.717) is 6.04 Å². The van der Waals surface area contributed by atoms with Gasteiger partial charge in [0.15, 0.2) is 0 Å². The molecule has 0 aliphatic rings. The van der Waals surface area contributed by atoms with Crippen molar-refractivity contribution in [3.05, 3.63) is 0 Å². The van der Waals surface area contributed by atoms with Crippen LogP contribution in [-0.4, -0.2) is 30.1 Å². The average Bonchev–Trinajstić information content (AvgIpc) is 2.16. The second-order valence-electron chi connectivity index (χ2n) is 6.00. The van der Waals surface area contributed by atoms with Gasteiger partial charge in [-0.15, -0.1) is 0 Å². The summed E-state index contributed by atoms with van der Waals surface area (Å²) in [4.78, 5) is 2.56. The summed E-state index contributed by atoms with van der Waals surface area (Å²) in [5.74, 6) is 1.56. The van der Waals surface area contributed by atoms with Crippen molar-refractivity contribution in [2.75, 3.05) is 13.1 Å². The van der Waals surface area contributed by atoms with Crippen molar-refractivity contribution in [2.24, 2.45) is 17.6 Å². The zero-order valence-corrected chi connectivity index (χ0v) is 12.2. The molecule has 2 heteroatoms. The Bertz CT molecular complexity index is 152. The van der Waals surface area contributed by atoms with E-state index in [2.05, 4.69) is 46.4 Å². The molecule has 16 heavy (non-hydrogen) atoms. The minimum atomic E-state index is 0.263. The highest BCUT2D eigenvalue weighted by Gasteiger charge is 2.17. The predicted molar refractivity (Wildman–Crippen MR) is 73.6 cm³/mol. The fourth-order valence-corrected chi connectivity index (χ4v) is 1.70. The lowest BCUT2D eigenvalue weighted by molar-refractivity contribution is 0.170. The number of hydrogen-bond donors (Lipinski definition) is 1. The van der Waals surface area contributed by atoms with Gasteiger partial charge < -0.3 is 5.73 Å². The molecule has 0 spiro atoms. The summed E-state index contributed by atoms with van der Waals surface area (Å²) in [7, 11) is 0. The summed E-state index contributed by atoms with van der Waals surface area (Å²) >= 11 is 0. The molecule has 2 nitrogen and oxygen atoms in total. The summed E-state index contributed by atoms with van der Waals surface area (Å²) in [5.41, 5.74) is 6.01. The molecular formula is C14H32N2. The Morgan fingerprint density at radius 2 is 1.19 bits per heavy atom. The molecular weight excluding hydrogens is 196 g/mol. The van der Waals surface area contributed by atoms with Crippen molar-refractivity contribution >= 4 is 0 Å². The van der Waals surface area contributed by atoms with E-state index in [1.165, 1.54) is 25.9 Å². The van der Waals surface area contributed by atoms with Crippen LogP contribution in [0.3, 0.4) is 0 Å². The molecule has 0 saturated heterocycles. The van der Waals surface area contributed by atoms with E-state index in [4.69, 9.17) is 5.73 Å². The van der Waals surface area contributed by atoms with Crippen LogP contribution >= 0.6 is 0 Å². The number of nitrogens with zero attached hydrogens (tertiary/aromatic N) is 1. The van der Waals surface area contributed by atoms with E-state index in [1.807, 2.05) is 0 Å². The molecule has 0 fully saturated rings. The fourth-order valence-electron chi connectivity index (χ4n) is 1.70. The Balaban J connectivity index is 4.15. The van der Waals surface area contributed by atoms with E-state index in [9.17, 15) is 0 Å². The SMILES string of the molecule is CC(C)CCN(CCC(C)C)C(C)C(C)N. The van der Waals surface area contributed by atoms with E-state index in [1.54, 1.807) is 0 Å². The minimum absolute atomic E-state index is 0.263. The lowest BCUT2D eigenvalue weighted by Gasteiger charge is -2.32. The van der Waals surface area contributed by atoms with Gasteiger partial charge in [0.05, 0.1) is 0 Å². The van der Waals surface area contributed by atoms with Gasteiger partial charge in [0, 0.05) is 12.1 Å². The number of hydrogen-bond acceptors (Lipinski definition) is 2. The third-order valence-electron chi connectivity index (χ3n) is 3.32. The van der Waals surface area contributed by atoms with Crippen LogP contribution < -0.4 is 5.73 Å². The third-order valence-corrected chi connectivity index (χ3v) is 3.32. The Labute approximate surface area is 103 Å². The minimum Gasteiger partial charge on any atom is -0.327 e. The molecule has 2 N–H and O–H groups in total. The first-order valence-corrected chi connectivity index (χ1v) is 6.84. The molecule has 0 aromatic heterocycles. The highest BCUT2D eigenvalue weighted by atomic mass is 15.2. The monoisotopic (exact) mass is 228 g/mol. The van der Waals surface area contributed by atoms with Crippen LogP contribution in [0.5, 0.6) is 0 Å². The first-order valence-electron chi connectivity index (χ1n) is 6.84. The molecule has 0 aliphatic carbocycles. The molecule has 0 aromatic carbocycles.